The van der Waals surface area contributed by atoms with Gasteiger partial charge in [0.2, 0.25) is 0 Å². The summed E-state index contributed by atoms with van der Waals surface area (Å²) < 4.78 is 0. The quantitative estimate of drug-likeness (QED) is 0.810. The van der Waals surface area contributed by atoms with Gasteiger partial charge in [-0.1, -0.05) is 30.3 Å². The second-order valence-electron chi connectivity index (χ2n) is 5.98. The smallest absolute Gasteiger partial charge is 0.319 e. The van der Waals surface area contributed by atoms with Crippen molar-refractivity contribution >= 4 is 23.1 Å². The predicted octanol–water partition coefficient (Wildman–Crippen LogP) is 3.27. The fourth-order valence-electron chi connectivity index (χ4n) is 3.02. The molecule has 1 aliphatic rings. The van der Waals surface area contributed by atoms with Gasteiger partial charge in [-0.2, -0.15) is 0 Å². The highest BCUT2D eigenvalue weighted by Gasteiger charge is 2.44. The third-order valence-electron chi connectivity index (χ3n) is 4.33. The Hall–Kier alpha value is -1.85. The number of hydrogen-bond donors (Lipinski definition) is 3. The first-order valence-electron chi connectivity index (χ1n) is 7.40. The molecule has 1 heterocycles. The van der Waals surface area contributed by atoms with E-state index < -0.39 is 0 Å². The van der Waals surface area contributed by atoms with Crippen LogP contribution in [-0.4, -0.2) is 23.8 Å². The highest BCUT2D eigenvalue weighted by molar-refractivity contribution is 7.08. The van der Waals surface area contributed by atoms with Crippen LogP contribution in [0.15, 0.2) is 41.1 Å². The number of anilines is 1. The molecule has 4 nitrogen and oxygen atoms in total. The van der Waals surface area contributed by atoms with E-state index in [2.05, 4.69) is 22.8 Å². The SMILES string of the molecule is Cc1cscc1NC(=O)NCC1(c2ccccc2)CC(O)C1. The second-order valence-corrected chi connectivity index (χ2v) is 6.73. The van der Waals surface area contributed by atoms with Crippen LogP contribution in [0.2, 0.25) is 0 Å². The Morgan fingerprint density at radius 2 is 2.05 bits per heavy atom. The molecule has 1 aromatic heterocycles. The van der Waals surface area contributed by atoms with E-state index in [4.69, 9.17) is 0 Å². The van der Waals surface area contributed by atoms with Crippen molar-refractivity contribution in [2.24, 2.45) is 0 Å². The van der Waals surface area contributed by atoms with Crippen LogP contribution < -0.4 is 10.6 Å². The van der Waals surface area contributed by atoms with Crippen molar-refractivity contribution in [3.8, 4) is 0 Å². The van der Waals surface area contributed by atoms with Crippen molar-refractivity contribution in [2.45, 2.75) is 31.3 Å². The Balaban J connectivity index is 1.63. The standard InChI is InChI=1S/C17H20N2O2S/c1-12-9-22-10-15(12)19-16(21)18-11-17(7-14(20)8-17)13-5-3-2-4-6-13/h2-6,9-10,14,20H,7-8,11H2,1H3,(H2,18,19,21). The van der Waals surface area contributed by atoms with Crippen LogP contribution >= 0.6 is 11.3 Å². The molecule has 2 aromatic rings. The number of carbonyl (C=O) groups excluding carboxylic acids is 1. The van der Waals surface area contributed by atoms with E-state index in [1.54, 1.807) is 11.3 Å². The number of nitrogens with one attached hydrogen (secondary N) is 2. The number of rotatable bonds is 4. The van der Waals surface area contributed by atoms with Gasteiger partial charge >= 0.3 is 6.03 Å². The topological polar surface area (TPSA) is 61.4 Å². The Morgan fingerprint density at radius 1 is 1.32 bits per heavy atom. The molecular weight excluding hydrogens is 296 g/mol. The molecule has 0 bridgehead atoms. The summed E-state index contributed by atoms with van der Waals surface area (Å²) in [6, 6.07) is 9.90. The van der Waals surface area contributed by atoms with Crippen molar-refractivity contribution in [1.82, 2.24) is 5.32 Å². The zero-order valence-corrected chi connectivity index (χ0v) is 13.3. The molecule has 2 amide bonds. The van der Waals surface area contributed by atoms with Gasteiger partial charge < -0.3 is 15.7 Å². The number of aryl methyl sites for hydroxylation is 1. The Kier molecular flexibility index (Phi) is 4.18. The minimum absolute atomic E-state index is 0.151. The van der Waals surface area contributed by atoms with Gasteiger partial charge in [0.15, 0.2) is 0 Å². The monoisotopic (exact) mass is 316 g/mol. The molecule has 22 heavy (non-hydrogen) atoms. The van der Waals surface area contributed by atoms with Gasteiger partial charge in [-0.25, -0.2) is 4.79 Å². The lowest BCUT2D eigenvalue weighted by molar-refractivity contribution is 0.0193. The maximum atomic E-state index is 12.1. The van der Waals surface area contributed by atoms with Crippen LogP contribution in [0.5, 0.6) is 0 Å². The Labute approximate surface area is 134 Å². The summed E-state index contributed by atoms with van der Waals surface area (Å²) in [5.74, 6) is 0. The zero-order valence-electron chi connectivity index (χ0n) is 12.5. The van der Waals surface area contributed by atoms with E-state index in [0.717, 1.165) is 11.3 Å². The molecule has 3 N–H and O–H groups in total. The Bertz CT molecular complexity index is 648. The lowest BCUT2D eigenvalue weighted by Gasteiger charge is -2.46. The summed E-state index contributed by atoms with van der Waals surface area (Å²) in [6.45, 7) is 2.50. The molecule has 0 saturated heterocycles. The first-order valence-corrected chi connectivity index (χ1v) is 8.35. The van der Waals surface area contributed by atoms with E-state index in [1.165, 1.54) is 5.56 Å². The first kappa shape index (κ1) is 15.1. The van der Waals surface area contributed by atoms with Crippen LogP contribution in [0, 0.1) is 6.92 Å². The number of urea groups is 1. The average molecular weight is 316 g/mol. The van der Waals surface area contributed by atoms with Crippen LogP contribution in [-0.2, 0) is 5.41 Å². The van der Waals surface area contributed by atoms with Crippen LogP contribution in [0.25, 0.3) is 0 Å². The fraction of sp³-hybridized carbons (Fsp3) is 0.353. The van der Waals surface area contributed by atoms with E-state index in [9.17, 15) is 9.90 Å². The van der Waals surface area contributed by atoms with Crippen molar-refractivity contribution < 1.29 is 9.90 Å². The molecule has 116 valence electrons. The fourth-order valence-corrected chi connectivity index (χ4v) is 3.80. The molecule has 1 fully saturated rings. The normalized spacial score (nSPS) is 23.6. The molecule has 3 rings (SSSR count). The van der Waals surface area contributed by atoms with E-state index >= 15 is 0 Å². The molecule has 0 atom stereocenters. The minimum atomic E-state index is -0.274. The molecule has 0 aliphatic heterocycles. The van der Waals surface area contributed by atoms with Gasteiger partial charge in [0.25, 0.3) is 0 Å². The van der Waals surface area contributed by atoms with Gasteiger partial charge in [0.05, 0.1) is 11.8 Å². The summed E-state index contributed by atoms with van der Waals surface area (Å²) in [5, 5.41) is 19.5. The largest absolute Gasteiger partial charge is 0.393 e. The molecular formula is C17H20N2O2S. The van der Waals surface area contributed by atoms with Gasteiger partial charge in [-0.05, 0) is 36.3 Å². The number of aliphatic hydroxyl groups is 1. The number of carbonyl (C=O) groups is 1. The lowest BCUT2D eigenvalue weighted by Crippen LogP contribution is -2.52. The van der Waals surface area contributed by atoms with Crippen molar-refractivity contribution in [1.29, 1.82) is 0 Å². The molecule has 0 unspecified atom stereocenters. The highest BCUT2D eigenvalue weighted by atomic mass is 32.1. The van der Waals surface area contributed by atoms with E-state index in [-0.39, 0.29) is 17.6 Å². The summed E-state index contributed by atoms with van der Waals surface area (Å²) in [6.07, 6.45) is 1.10. The van der Waals surface area contributed by atoms with E-state index in [1.807, 2.05) is 35.9 Å². The third kappa shape index (κ3) is 3.00. The number of benzene rings is 1. The third-order valence-corrected chi connectivity index (χ3v) is 5.19. The zero-order chi connectivity index (χ0) is 15.6. The molecule has 0 radical (unpaired) electrons. The molecule has 5 heteroatoms. The summed E-state index contributed by atoms with van der Waals surface area (Å²) in [5.41, 5.74) is 2.94. The number of thiophene rings is 1. The maximum absolute atomic E-state index is 12.1. The van der Waals surface area contributed by atoms with Crippen molar-refractivity contribution in [3.05, 3.63) is 52.2 Å². The average Bonchev–Trinajstić information content (AvgIpc) is 2.88. The highest BCUT2D eigenvalue weighted by Crippen LogP contribution is 2.43. The maximum Gasteiger partial charge on any atom is 0.319 e. The summed E-state index contributed by atoms with van der Waals surface area (Å²) in [4.78, 5) is 12.1. The second kappa shape index (κ2) is 6.10. The van der Waals surface area contributed by atoms with E-state index in [0.29, 0.717) is 19.4 Å². The van der Waals surface area contributed by atoms with Gasteiger partial charge in [0.1, 0.15) is 0 Å². The number of amides is 2. The van der Waals surface area contributed by atoms with Gasteiger partial charge in [-0.3, -0.25) is 0 Å². The summed E-state index contributed by atoms with van der Waals surface area (Å²) >= 11 is 1.57. The number of hydrogen-bond acceptors (Lipinski definition) is 3. The molecule has 1 aliphatic carbocycles. The lowest BCUT2D eigenvalue weighted by atomic mass is 9.62. The molecule has 1 aromatic carbocycles. The molecule has 1 saturated carbocycles. The van der Waals surface area contributed by atoms with Crippen molar-refractivity contribution in [2.75, 3.05) is 11.9 Å². The van der Waals surface area contributed by atoms with Crippen molar-refractivity contribution in [3.63, 3.8) is 0 Å². The van der Waals surface area contributed by atoms with Gasteiger partial charge in [0, 0.05) is 17.3 Å². The van der Waals surface area contributed by atoms with Crippen LogP contribution in [0.3, 0.4) is 0 Å². The Morgan fingerprint density at radius 3 is 2.64 bits per heavy atom. The van der Waals surface area contributed by atoms with Gasteiger partial charge in [-0.15, -0.1) is 11.3 Å². The summed E-state index contributed by atoms with van der Waals surface area (Å²) in [7, 11) is 0. The minimum Gasteiger partial charge on any atom is -0.393 e. The van der Waals surface area contributed by atoms with Crippen LogP contribution in [0.4, 0.5) is 10.5 Å². The predicted molar refractivity (Wildman–Crippen MR) is 89.4 cm³/mol. The number of aliphatic hydroxyl groups excluding tert-OH is 1. The van der Waals surface area contributed by atoms with Crippen LogP contribution in [0.1, 0.15) is 24.0 Å². The molecule has 0 spiro atoms. The first-order chi connectivity index (χ1) is 10.6.